The second-order valence-electron chi connectivity index (χ2n) is 8.19. The minimum absolute atomic E-state index is 0.0826. The van der Waals surface area contributed by atoms with E-state index in [0.29, 0.717) is 0 Å². The highest BCUT2D eigenvalue weighted by Crippen LogP contribution is 2.39. The van der Waals surface area contributed by atoms with E-state index < -0.39 is 67.0 Å². The molecule has 0 bridgehead atoms. The van der Waals surface area contributed by atoms with E-state index in [1.54, 1.807) is 18.2 Å². The Kier molecular flexibility index (Phi) is 10.0. The second kappa shape index (κ2) is 12.8. The molecular formula is C24H24BrNO10S2. The summed E-state index contributed by atoms with van der Waals surface area (Å²) in [5.74, 6) is -3.52. The van der Waals surface area contributed by atoms with E-state index in [9.17, 15) is 24.0 Å². The van der Waals surface area contributed by atoms with Crippen molar-refractivity contribution in [2.75, 3.05) is 6.61 Å². The number of esters is 4. The summed E-state index contributed by atoms with van der Waals surface area (Å²) >= 11 is 9.83. The molecule has 5 atom stereocenters. The lowest BCUT2D eigenvalue weighted by molar-refractivity contribution is -0.268. The van der Waals surface area contributed by atoms with Gasteiger partial charge in [0, 0.05) is 32.2 Å². The summed E-state index contributed by atoms with van der Waals surface area (Å²) in [5.41, 5.74) is 0.732. The number of ether oxygens (including phenoxy) is 5. The van der Waals surface area contributed by atoms with Crippen molar-refractivity contribution in [2.45, 2.75) is 58.3 Å². The molecule has 204 valence electrons. The molecule has 0 spiro atoms. The smallest absolute Gasteiger partial charge is 0.303 e. The van der Waals surface area contributed by atoms with Crippen LogP contribution in [0, 0.1) is 0 Å². The topological polar surface area (TPSA) is 135 Å². The van der Waals surface area contributed by atoms with Crippen molar-refractivity contribution in [3.8, 4) is 0 Å². The number of halogens is 1. The molecule has 3 rings (SSSR count). The van der Waals surface area contributed by atoms with Gasteiger partial charge in [0.25, 0.3) is 5.91 Å². The average Bonchev–Trinajstić information content (AvgIpc) is 3.08. The highest BCUT2D eigenvalue weighted by atomic mass is 79.9. The largest absolute Gasteiger partial charge is 0.463 e. The van der Waals surface area contributed by atoms with Gasteiger partial charge in [-0.2, -0.15) is 0 Å². The third-order valence-electron chi connectivity index (χ3n) is 5.21. The number of hydrogen-bond donors (Lipinski definition) is 0. The number of hydrogen-bond acceptors (Lipinski definition) is 12. The maximum atomic E-state index is 13.5. The van der Waals surface area contributed by atoms with Gasteiger partial charge in [0.2, 0.25) is 0 Å². The van der Waals surface area contributed by atoms with E-state index in [2.05, 4.69) is 15.9 Å². The first-order valence-corrected chi connectivity index (χ1v) is 13.2. The Hall–Kier alpha value is -2.81. The number of thioether (sulfide) groups is 1. The molecule has 38 heavy (non-hydrogen) atoms. The minimum Gasteiger partial charge on any atom is -0.463 e. The van der Waals surface area contributed by atoms with E-state index in [0.717, 1.165) is 47.5 Å². The molecule has 2 aliphatic rings. The van der Waals surface area contributed by atoms with Gasteiger partial charge >= 0.3 is 23.9 Å². The molecule has 14 heteroatoms. The summed E-state index contributed by atoms with van der Waals surface area (Å²) in [7, 11) is 0. The van der Waals surface area contributed by atoms with Crippen LogP contribution >= 0.6 is 39.9 Å². The Morgan fingerprint density at radius 3 is 2.05 bits per heavy atom. The van der Waals surface area contributed by atoms with Crippen LogP contribution in [0.4, 0.5) is 0 Å². The van der Waals surface area contributed by atoms with Crippen molar-refractivity contribution in [1.29, 1.82) is 0 Å². The van der Waals surface area contributed by atoms with E-state index in [1.165, 1.54) is 6.92 Å². The first-order valence-electron chi connectivity index (χ1n) is 11.2. The Bertz CT molecular complexity index is 1170. The number of carbonyl (C=O) groups excluding carboxylic acids is 5. The van der Waals surface area contributed by atoms with Crippen molar-refractivity contribution in [3.05, 3.63) is 39.2 Å². The van der Waals surface area contributed by atoms with Crippen molar-refractivity contribution in [2.24, 2.45) is 0 Å². The van der Waals surface area contributed by atoms with Crippen molar-refractivity contribution >= 4 is 80.1 Å². The van der Waals surface area contributed by atoms with Gasteiger partial charge in [-0.25, -0.2) is 0 Å². The molecule has 2 fully saturated rings. The van der Waals surface area contributed by atoms with Gasteiger partial charge in [0.1, 0.15) is 12.7 Å². The van der Waals surface area contributed by atoms with Crippen LogP contribution in [-0.4, -0.2) is 76.3 Å². The van der Waals surface area contributed by atoms with E-state index in [-0.39, 0.29) is 9.23 Å². The number of nitrogens with zero attached hydrogens (tertiary/aromatic N) is 1. The number of benzene rings is 1. The lowest BCUT2D eigenvalue weighted by Gasteiger charge is -2.46. The van der Waals surface area contributed by atoms with Crippen LogP contribution in [0.25, 0.3) is 6.08 Å². The Balaban J connectivity index is 2.04. The highest BCUT2D eigenvalue weighted by molar-refractivity contribution is 9.10. The summed E-state index contributed by atoms with van der Waals surface area (Å²) in [6.45, 7) is 4.10. The SMILES string of the molecule is CC(=O)OC[C@@H]1O[C@H](N2C(=O)/C(=C/c3ccc(Br)cc3)SC2=S)[C@H](OC(C)=O)[C@@H](OC(C)=O)[C@H]1OC(C)=O. The molecule has 1 aromatic carbocycles. The molecule has 1 aromatic rings. The van der Waals surface area contributed by atoms with Crippen LogP contribution < -0.4 is 0 Å². The fourth-order valence-electron chi connectivity index (χ4n) is 3.82. The van der Waals surface area contributed by atoms with Crippen LogP contribution in [0.15, 0.2) is 33.6 Å². The minimum atomic E-state index is -1.44. The molecule has 2 aliphatic heterocycles. The van der Waals surface area contributed by atoms with Gasteiger partial charge in [0.05, 0.1) is 4.91 Å². The molecule has 0 saturated carbocycles. The molecule has 0 N–H and O–H groups in total. The Morgan fingerprint density at radius 2 is 1.50 bits per heavy atom. The average molecular weight is 630 g/mol. The van der Waals surface area contributed by atoms with E-state index in [1.807, 2.05) is 12.1 Å². The predicted molar refractivity (Wildman–Crippen MR) is 141 cm³/mol. The standard InChI is InChI=1S/C24H24BrNO10S2/c1-11(27)32-10-17-19(33-12(2)28)20(34-13(3)29)21(35-14(4)30)23(36-17)26-22(31)18(38-24(26)37)9-15-5-7-16(25)8-6-15/h5-9,17,19-21,23H,10H2,1-4H3/b18-9-/t17-,19-,20-,21+,23-/m0/s1. The molecule has 0 radical (unpaired) electrons. The molecule has 0 unspecified atom stereocenters. The van der Waals surface area contributed by atoms with Crippen molar-refractivity contribution in [3.63, 3.8) is 0 Å². The Morgan fingerprint density at radius 1 is 0.947 bits per heavy atom. The quantitative estimate of drug-likeness (QED) is 0.190. The van der Waals surface area contributed by atoms with Crippen molar-refractivity contribution in [1.82, 2.24) is 4.90 Å². The summed E-state index contributed by atoms with van der Waals surface area (Å²) in [6, 6.07) is 7.22. The third kappa shape index (κ3) is 7.40. The van der Waals surface area contributed by atoms with Crippen molar-refractivity contribution < 1.29 is 47.7 Å². The highest BCUT2D eigenvalue weighted by Gasteiger charge is 2.56. The number of carbonyl (C=O) groups is 5. The first kappa shape index (κ1) is 29.7. The molecular weight excluding hydrogens is 606 g/mol. The van der Waals surface area contributed by atoms with Gasteiger partial charge in [0.15, 0.2) is 28.9 Å². The van der Waals surface area contributed by atoms with Gasteiger partial charge in [-0.05, 0) is 23.8 Å². The molecule has 0 aliphatic carbocycles. The maximum absolute atomic E-state index is 13.5. The van der Waals surface area contributed by atoms with Crippen LogP contribution in [-0.2, 0) is 47.7 Å². The lowest BCUT2D eigenvalue weighted by atomic mass is 9.96. The number of rotatable bonds is 7. The number of thiocarbonyl (C=S) groups is 1. The summed E-state index contributed by atoms with van der Waals surface area (Å²) in [6.07, 6.45) is -5.17. The van der Waals surface area contributed by atoms with Crippen LogP contribution in [0.1, 0.15) is 33.3 Å². The third-order valence-corrected chi connectivity index (χ3v) is 7.07. The van der Waals surface area contributed by atoms with E-state index >= 15 is 0 Å². The zero-order valence-corrected chi connectivity index (χ0v) is 23.9. The fourth-order valence-corrected chi connectivity index (χ4v) is 5.40. The van der Waals surface area contributed by atoms with Gasteiger partial charge < -0.3 is 23.7 Å². The summed E-state index contributed by atoms with van der Waals surface area (Å²) in [4.78, 5) is 62.4. The maximum Gasteiger partial charge on any atom is 0.303 e. The molecule has 0 aromatic heterocycles. The van der Waals surface area contributed by atoms with Crippen LogP contribution in [0.3, 0.4) is 0 Å². The predicted octanol–water partition coefficient (Wildman–Crippen LogP) is 2.73. The van der Waals surface area contributed by atoms with E-state index in [4.69, 9.17) is 35.9 Å². The summed E-state index contributed by atoms with van der Waals surface area (Å²) in [5, 5.41) is 0. The summed E-state index contributed by atoms with van der Waals surface area (Å²) < 4.78 is 28.3. The molecule has 2 heterocycles. The zero-order chi connectivity index (χ0) is 28.1. The second-order valence-corrected chi connectivity index (χ2v) is 10.8. The normalized spacial score (nSPS) is 26.2. The lowest BCUT2D eigenvalue weighted by Crippen LogP contribution is -2.66. The Labute approximate surface area is 236 Å². The number of amides is 1. The fraction of sp³-hybridized carbons (Fsp3) is 0.417. The molecule has 11 nitrogen and oxygen atoms in total. The zero-order valence-electron chi connectivity index (χ0n) is 20.7. The van der Waals surface area contributed by atoms with Crippen LogP contribution in [0.5, 0.6) is 0 Å². The molecule has 1 amide bonds. The van der Waals surface area contributed by atoms with Gasteiger partial charge in [-0.1, -0.05) is 52.0 Å². The van der Waals surface area contributed by atoms with Crippen LogP contribution in [0.2, 0.25) is 0 Å². The van der Waals surface area contributed by atoms with Gasteiger partial charge in [-0.15, -0.1) is 0 Å². The van der Waals surface area contributed by atoms with Gasteiger partial charge in [-0.3, -0.25) is 28.9 Å². The first-order chi connectivity index (χ1) is 17.9. The molecule has 2 saturated heterocycles. The monoisotopic (exact) mass is 629 g/mol.